The minimum absolute atomic E-state index is 0.268. The predicted molar refractivity (Wildman–Crippen MR) is 136 cm³/mol. The number of aryl methyl sites for hydroxylation is 2. The fraction of sp³-hybridized carbons (Fsp3) is 0.200. The Labute approximate surface area is 214 Å². The second kappa shape index (κ2) is 11.0. The molecule has 0 N–H and O–H groups in total. The van der Waals surface area contributed by atoms with Gasteiger partial charge in [0, 0.05) is 10.6 Å². The van der Waals surface area contributed by atoms with Crippen LogP contribution >= 0.6 is 27.7 Å². The zero-order valence-corrected chi connectivity index (χ0v) is 21.4. The number of nitro groups is 1. The lowest BCUT2D eigenvalue weighted by molar-refractivity contribution is -0.479. The van der Waals surface area contributed by atoms with Crippen molar-refractivity contribution in [2.45, 2.75) is 30.9 Å². The maximum absolute atomic E-state index is 13.1. The molecule has 10 heteroatoms. The highest BCUT2D eigenvalue weighted by Crippen LogP contribution is 2.38. The summed E-state index contributed by atoms with van der Waals surface area (Å²) in [5.41, 5.74) is 3.61. The number of nitrogens with zero attached hydrogens (tertiary/aromatic N) is 4. The molecule has 0 unspecified atom stereocenters. The summed E-state index contributed by atoms with van der Waals surface area (Å²) in [5.74, 6) is 0.977. The summed E-state index contributed by atoms with van der Waals surface area (Å²) >= 11 is 4.81. The van der Waals surface area contributed by atoms with Gasteiger partial charge in [0.1, 0.15) is 29.2 Å². The average molecular weight is 557 g/mol. The molecule has 1 heterocycles. The molecular formula is C25H22BrFN4O3S. The van der Waals surface area contributed by atoms with Gasteiger partial charge in [0.05, 0.1) is 4.47 Å². The first kappa shape index (κ1) is 24.9. The number of halogens is 2. The van der Waals surface area contributed by atoms with Crippen molar-refractivity contribution in [3.05, 3.63) is 110 Å². The molecule has 0 fully saturated rings. The third kappa shape index (κ3) is 6.26. The molecule has 0 radical (unpaired) electrons. The van der Waals surface area contributed by atoms with Crippen LogP contribution in [-0.2, 0) is 6.61 Å². The molecule has 0 saturated carbocycles. The number of hydrogen-bond acceptors (Lipinski definition) is 6. The van der Waals surface area contributed by atoms with Crippen LogP contribution in [0, 0.1) is 29.8 Å². The fourth-order valence-electron chi connectivity index (χ4n) is 3.46. The van der Waals surface area contributed by atoms with E-state index in [9.17, 15) is 14.5 Å². The normalized spacial score (nSPS) is 11.9. The smallest absolute Gasteiger partial charge is 0.220 e. The number of aromatic nitrogens is 3. The minimum atomic E-state index is -0.500. The van der Waals surface area contributed by atoms with E-state index in [-0.39, 0.29) is 23.9 Å². The van der Waals surface area contributed by atoms with Gasteiger partial charge < -0.3 is 4.74 Å². The van der Waals surface area contributed by atoms with Crippen molar-refractivity contribution in [1.29, 1.82) is 0 Å². The van der Waals surface area contributed by atoms with E-state index >= 15 is 0 Å². The van der Waals surface area contributed by atoms with Crippen LogP contribution in [0.1, 0.15) is 27.8 Å². The van der Waals surface area contributed by atoms with E-state index in [2.05, 4.69) is 26.1 Å². The van der Waals surface area contributed by atoms with Crippen LogP contribution in [0.3, 0.4) is 0 Å². The monoisotopic (exact) mass is 556 g/mol. The molecular weight excluding hydrogens is 535 g/mol. The van der Waals surface area contributed by atoms with Gasteiger partial charge in [0.2, 0.25) is 6.54 Å². The Hall–Kier alpha value is -3.24. The van der Waals surface area contributed by atoms with Gasteiger partial charge in [-0.3, -0.25) is 14.7 Å². The quantitative estimate of drug-likeness (QED) is 0.133. The SMILES string of the molecule is Cc1ccc(-n2c(C)nnc2S[C@@H](C[N+](=O)[O-])c2ccc(OCc3ccc(F)cc3)c(Br)c2)cc1. The number of ether oxygens (including phenoxy) is 1. The van der Waals surface area contributed by atoms with E-state index in [0.29, 0.717) is 21.2 Å². The molecule has 180 valence electrons. The predicted octanol–water partition coefficient (Wildman–Crippen LogP) is 6.47. The highest BCUT2D eigenvalue weighted by Gasteiger charge is 2.24. The first-order valence-corrected chi connectivity index (χ1v) is 12.4. The van der Waals surface area contributed by atoms with Crippen LogP contribution in [0.25, 0.3) is 5.69 Å². The lowest BCUT2D eigenvalue weighted by atomic mass is 10.1. The molecule has 0 bridgehead atoms. The molecule has 0 amide bonds. The molecule has 1 atom stereocenters. The van der Waals surface area contributed by atoms with Gasteiger partial charge in [-0.05, 0) is 77.3 Å². The van der Waals surface area contributed by atoms with Crippen LogP contribution in [0.4, 0.5) is 4.39 Å². The van der Waals surface area contributed by atoms with Crippen LogP contribution < -0.4 is 4.74 Å². The van der Waals surface area contributed by atoms with Crippen molar-refractivity contribution in [2.24, 2.45) is 0 Å². The number of rotatable bonds is 9. The molecule has 4 aromatic rings. The molecule has 0 aliphatic carbocycles. The minimum Gasteiger partial charge on any atom is -0.488 e. The summed E-state index contributed by atoms with van der Waals surface area (Å²) in [6.07, 6.45) is 0. The van der Waals surface area contributed by atoms with Crippen molar-refractivity contribution < 1.29 is 14.1 Å². The molecule has 3 aromatic carbocycles. The van der Waals surface area contributed by atoms with Crippen molar-refractivity contribution in [2.75, 3.05) is 6.54 Å². The fourth-order valence-corrected chi connectivity index (χ4v) is 5.14. The number of benzene rings is 3. The summed E-state index contributed by atoms with van der Waals surface area (Å²) in [5, 5.41) is 20.1. The Bertz CT molecular complexity index is 1330. The zero-order chi connectivity index (χ0) is 24.9. The maximum atomic E-state index is 13.1. The second-order valence-corrected chi connectivity index (χ2v) is 9.95. The van der Waals surface area contributed by atoms with Crippen LogP contribution in [-0.4, -0.2) is 26.2 Å². The molecule has 0 aliphatic rings. The zero-order valence-electron chi connectivity index (χ0n) is 19.0. The summed E-state index contributed by atoms with van der Waals surface area (Å²) in [4.78, 5) is 11.2. The van der Waals surface area contributed by atoms with Gasteiger partial charge in [-0.2, -0.15) is 0 Å². The van der Waals surface area contributed by atoms with E-state index < -0.39 is 5.25 Å². The van der Waals surface area contributed by atoms with E-state index in [1.165, 1.54) is 23.9 Å². The second-order valence-electron chi connectivity index (χ2n) is 7.93. The summed E-state index contributed by atoms with van der Waals surface area (Å²) in [6, 6.07) is 19.4. The topological polar surface area (TPSA) is 83.1 Å². The first-order chi connectivity index (χ1) is 16.8. The van der Waals surface area contributed by atoms with E-state index in [4.69, 9.17) is 4.74 Å². The summed E-state index contributed by atoms with van der Waals surface area (Å²) in [6.45, 7) is 3.84. The van der Waals surface area contributed by atoms with Crippen molar-refractivity contribution >= 4 is 27.7 Å². The third-order valence-corrected chi connectivity index (χ3v) is 7.09. The highest BCUT2D eigenvalue weighted by atomic mass is 79.9. The standard InChI is InChI=1S/C25H22BrFN4O3S/c1-16-3-10-21(11-4-16)31-17(2)28-29-25(31)35-24(14-30(32)33)19-7-12-23(22(26)13-19)34-15-18-5-8-20(27)9-6-18/h3-13,24H,14-15H2,1-2H3/t24-/m0/s1. The van der Waals surface area contributed by atoms with Gasteiger partial charge in [0.15, 0.2) is 5.16 Å². The number of thioether (sulfide) groups is 1. The highest BCUT2D eigenvalue weighted by molar-refractivity contribution is 9.10. The summed E-state index contributed by atoms with van der Waals surface area (Å²) in [7, 11) is 0. The lowest BCUT2D eigenvalue weighted by Gasteiger charge is -2.16. The molecule has 0 aliphatic heterocycles. The van der Waals surface area contributed by atoms with E-state index in [0.717, 1.165) is 22.4 Å². The van der Waals surface area contributed by atoms with E-state index in [1.54, 1.807) is 18.2 Å². The molecule has 4 rings (SSSR count). The van der Waals surface area contributed by atoms with Crippen molar-refractivity contribution in [1.82, 2.24) is 14.8 Å². The maximum Gasteiger partial charge on any atom is 0.220 e. The van der Waals surface area contributed by atoms with Gasteiger partial charge in [-0.15, -0.1) is 10.2 Å². The van der Waals surface area contributed by atoms with Crippen molar-refractivity contribution in [3.8, 4) is 11.4 Å². The lowest BCUT2D eigenvalue weighted by Crippen LogP contribution is -2.11. The van der Waals surface area contributed by atoms with Gasteiger partial charge in [-0.1, -0.05) is 47.7 Å². The molecule has 0 spiro atoms. The molecule has 7 nitrogen and oxygen atoms in total. The average Bonchev–Trinajstić information content (AvgIpc) is 3.19. The largest absolute Gasteiger partial charge is 0.488 e. The molecule has 0 saturated heterocycles. The van der Waals surface area contributed by atoms with Crippen LogP contribution in [0.2, 0.25) is 0 Å². The Balaban J connectivity index is 1.56. The van der Waals surface area contributed by atoms with Gasteiger partial charge in [0.25, 0.3) is 0 Å². The number of hydrogen-bond donors (Lipinski definition) is 0. The Kier molecular flexibility index (Phi) is 7.82. The first-order valence-electron chi connectivity index (χ1n) is 10.7. The Morgan fingerprint density at radius 3 is 2.46 bits per heavy atom. The van der Waals surface area contributed by atoms with Crippen LogP contribution in [0.15, 0.2) is 76.4 Å². The van der Waals surface area contributed by atoms with Crippen LogP contribution in [0.5, 0.6) is 5.75 Å². The van der Waals surface area contributed by atoms with Gasteiger partial charge >= 0.3 is 0 Å². The van der Waals surface area contributed by atoms with E-state index in [1.807, 2.05) is 54.8 Å². The van der Waals surface area contributed by atoms with Crippen molar-refractivity contribution in [3.63, 3.8) is 0 Å². The van der Waals surface area contributed by atoms with Gasteiger partial charge in [-0.25, -0.2) is 4.39 Å². The third-order valence-electron chi connectivity index (χ3n) is 5.29. The Morgan fingerprint density at radius 2 is 1.80 bits per heavy atom. The Morgan fingerprint density at radius 1 is 1.09 bits per heavy atom. The molecule has 35 heavy (non-hydrogen) atoms. The molecule has 1 aromatic heterocycles. The summed E-state index contributed by atoms with van der Waals surface area (Å²) < 4.78 is 21.5.